The Morgan fingerprint density at radius 3 is 2.02 bits per heavy atom. The summed E-state index contributed by atoms with van der Waals surface area (Å²) in [5.74, 6) is 7.70. The number of nitrogen functional groups attached to an aromatic ring is 1. The lowest BCUT2D eigenvalue weighted by molar-refractivity contribution is -0.384. The first kappa shape index (κ1) is 91.9. The highest BCUT2D eigenvalue weighted by Gasteiger charge is 2.35. The van der Waals surface area contributed by atoms with Crippen molar-refractivity contribution in [2.24, 2.45) is 78.4 Å². The summed E-state index contributed by atoms with van der Waals surface area (Å²) in [6.45, 7) is 8.32. The number of nitrogens with zero attached hydrogens (tertiary/aromatic N) is 26. The van der Waals surface area contributed by atoms with Crippen LogP contribution < -0.4 is 44.4 Å². The van der Waals surface area contributed by atoms with Gasteiger partial charge in [-0.25, -0.2) is 55.6 Å². The van der Waals surface area contributed by atoms with E-state index in [1.807, 2.05) is 163 Å². The summed E-state index contributed by atoms with van der Waals surface area (Å²) < 4.78 is 15.1. The molecule has 41 heteroatoms. The van der Waals surface area contributed by atoms with E-state index in [2.05, 4.69) is 93.0 Å². The number of nitrogens with two attached hydrogens (primary N) is 1. The Labute approximate surface area is 719 Å². The molecule has 16 aromatic rings. The zero-order valence-electron chi connectivity index (χ0n) is 72.2. The largest absolute Gasteiger partial charge is 0.383 e. The van der Waals surface area contributed by atoms with Crippen molar-refractivity contribution < 1.29 is 24.3 Å². The van der Waals surface area contributed by atoms with E-state index < -0.39 is 4.92 Å². The zero-order chi connectivity index (χ0) is 91.2. The first-order chi connectivity index (χ1) is 60.2. The molecule has 3 aliphatic rings. The normalized spacial score (nSPS) is 13.0. The third kappa shape index (κ3) is 23.2. The van der Waals surface area contributed by atoms with Gasteiger partial charge in [0.1, 0.15) is 24.0 Å². The van der Waals surface area contributed by atoms with Crippen LogP contribution in [0.2, 0.25) is 0 Å². The van der Waals surface area contributed by atoms with Gasteiger partial charge in [0.05, 0.1) is 83.8 Å². The van der Waals surface area contributed by atoms with Gasteiger partial charge in [-0.1, -0.05) is 60.0 Å². The third-order valence-electron chi connectivity index (χ3n) is 18.9. The number of amides is 1. The van der Waals surface area contributed by atoms with Gasteiger partial charge >= 0.3 is 5.69 Å². The first-order valence-electron chi connectivity index (χ1n) is 38.5. The number of carbonyl (C=O) groups excluding carboxylic acids is 1. The topological polar surface area (TPSA) is 469 Å². The van der Waals surface area contributed by atoms with Gasteiger partial charge in [0.25, 0.3) is 39.9 Å². The van der Waals surface area contributed by atoms with Crippen LogP contribution in [0.3, 0.4) is 0 Å². The van der Waals surface area contributed by atoms with Crippen molar-refractivity contribution in [1.29, 1.82) is 0 Å². The van der Waals surface area contributed by atoms with Crippen LogP contribution in [0.1, 0.15) is 34.7 Å². The maximum atomic E-state index is 12.0. The second-order valence-corrected chi connectivity index (χ2v) is 28.7. The Hall–Kier alpha value is -16.4. The quantitative estimate of drug-likeness (QED) is 0.0399. The fraction of sp³-hybridized carbons (Fsp3) is 0.247. The van der Waals surface area contributed by atoms with E-state index in [0.717, 1.165) is 94.0 Å². The molecule has 0 saturated heterocycles. The standard InChI is InChI=1S/C14H13NO.2C11H11NO.C10H15N7O.C9H8N2O2.C7H9N3O2.C6H7N5.C6H8N4O.C6H6N4.C5H6N2O2/c1-4-6-11-9-15(3)14(16)13-10(2)7-5-8-12(11)13;1-8-3-4-9-5-6-12(2)11(13)10(9)7-8;1-8-4-3-5-9-6-7-12(2)11(13)10(8)9;1-16(2)5-12-10-13-8(15-18-4)7-9(14-10)17(3)6-11-7;1-10-5-4-7-6-8(11(12)13)2-3-9(7)10;1-10-4-5-2-3-12-9-6(5)8-7(10)11;1-11-2-4-5(7)8-3-9-6(4)10-11;1-10-3-9-4-5(10)7-2-8-6(4)11;1-10-4-9-5-2-7-3-8-6(5)10;1-6-3-2-5(4-6)7(8)9/h5,7-9H,1-3H3;2*3-7H,1-2H3;5-6H,1-4H3,(H,13,14,15);2-6H,1H3;4H,2-3H2,1H3,(H,8,9,11);2-3H,1H3,(H2,7,8,9,10);2-5H,1H3,(H,7,8,11);2-4H,1H3;2-4H,1H3. The van der Waals surface area contributed by atoms with Gasteiger partial charge in [-0.3, -0.25) is 58.8 Å². The maximum Gasteiger partial charge on any atom is 0.349 e. The van der Waals surface area contributed by atoms with Crippen LogP contribution in [0.5, 0.6) is 0 Å². The molecule has 5 N–H and O–H groups in total. The van der Waals surface area contributed by atoms with Gasteiger partial charge < -0.3 is 57.4 Å². The first-order valence-corrected chi connectivity index (χ1v) is 38.5. The molecule has 0 bridgehead atoms. The molecule has 12 aromatic heterocycles. The molecule has 126 heavy (non-hydrogen) atoms. The van der Waals surface area contributed by atoms with Gasteiger partial charge in [-0.15, -0.1) is 5.92 Å². The average molecular weight is 1710 g/mol. The van der Waals surface area contributed by atoms with E-state index in [4.69, 9.17) is 15.4 Å². The number of non-ortho nitro benzene ring substituents is 1. The Balaban J connectivity index is 0.000000147. The van der Waals surface area contributed by atoms with Gasteiger partial charge in [0.2, 0.25) is 0 Å². The number of rotatable bonds is 6. The van der Waals surface area contributed by atoms with Gasteiger partial charge in [-0.05, 0) is 79.9 Å². The van der Waals surface area contributed by atoms with Crippen molar-refractivity contribution in [2.75, 3.05) is 51.6 Å². The summed E-state index contributed by atoms with van der Waals surface area (Å²) in [7, 11) is 23.3. The van der Waals surface area contributed by atoms with Crippen molar-refractivity contribution in [3.63, 3.8) is 0 Å². The molecule has 19 rings (SSSR count). The molecule has 0 saturated carbocycles. The number of likely N-dealkylation sites (N-methyl/N-ethyl adjacent to an activating group) is 1. The average Bonchev–Trinajstić information content (AvgIpc) is 1.26. The van der Waals surface area contributed by atoms with Crippen molar-refractivity contribution in [3.05, 3.63) is 268 Å². The number of nitrogens with one attached hydrogen (secondary N) is 3. The second-order valence-electron chi connectivity index (χ2n) is 28.7. The number of aromatic nitrogens is 19. The monoisotopic (exact) mass is 1710 g/mol. The number of pyridine rings is 3. The smallest absolute Gasteiger partial charge is 0.349 e. The number of benzene rings is 4. The summed E-state index contributed by atoms with van der Waals surface area (Å²) >= 11 is 0. The van der Waals surface area contributed by atoms with Crippen LogP contribution in [0.25, 0.3) is 76.6 Å². The molecular weight excluding hydrogens is 1620 g/mol. The number of aryl methyl sites for hydroxylation is 12. The number of aliphatic imine (C=N–C) groups is 3. The highest BCUT2D eigenvalue weighted by atomic mass is 16.6. The van der Waals surface area contributed by atoms with Crippen LogP contribution in [0, 0.1) is 52.8 Å². The maximum absolute atomic E-state index is 12.0. The summed E-state index contributed by atoms with van der Waals surface area (Å²) in [6, 6.07) is 29.4. The van der Waals surface area contributed by atoms with Gasteiger partial charge in [0.15, 0.2) is 46.3 Å². The Kier molecular flexibility index (Phi) is 30.8. The minimum Gasteiger partial charge on any atom is -0.383 e. The number of imidazole rings is 2. The molecule has 41 nitrogen and oxygen atoms in total. The fourth-order valence-electron chi connectivity index (χ4n) is 12.5. The minimum atomic E-state index is -0.417. The van der Waals surface area contributed by atoms with Crippen LogP contribution in [-0.4, -0.2) is 183 Å². The molecule has 4 aromatic carbocycles. The Morgan fingerprint density at radius 1 is 0.651 bits per heavy atom. The van der Waals surface area contributed by atoms with E-state index in [-0.39, 0.29) is 56.8 Å². The molecule has 2 unspecified atom stereocenters. The van der Waals surface area contributed by atoms with Gasteiger partial charge in [0, 0.05) is 185 Å². The number of hydrogen-bond acceptors (Lipinski definition) is 28. The zero-order valence-corrected chi connectivity index (χ0v) is 72.2. The number of nitro benzene ring substituents is 1. The molecule has 0 aliphatic carbocycles. The van der Waals surface area contributed by atoms with E-state index in [1.54, 1.807) is 155 Å². The highest BCUT2D eigenvalue weighted by Crippen LogP contribution is 2.25. The number of hydrogen-bond donors (Lipinski definition) is 4. The van der Waals surface area contributed by atoms with Crippen molar-refractivity contribution >= 4 is 136 Å². The summed E-state index contributed by atoms with van der Waals surface area (Å²) in [6.07, 6.45) is 27.3. The fourth-order valence-corrected chi connectivity index (χ4v) is 12.5. The molecular formula is C85H94N30O11. The number of nitro groups is 2. The lowest BCUT2D eigenvalue weighted by Gasteiger charge is -2.22. The summed E-state index contributed by atoms with van der Waals surface area (Å²) in [4.78, 5) is 139. The number of carbonyl (C=O) groups is 1. The predicted molar refractivity (Wildman–Crippen MR) is 485 cm³/mol. The lowest BCUT2D eigenvalue weighted by Crippen LogP contribution is -2.46. The highest BCUT2D eigenvalue weighted by molar-refractivity contribution is 5.96. The van der Waals surface area contributed by atoms with Crippen LogP contribution >= 0.6 is 0 Å². The third-order valence-corrected chi connectivity index (χ3v) is 18.9. The lowest BCUT2D eigenvalue weighted by atomic mass is 10.0. The molecule has 1 amide bonds. The molecule has 3 aliphatic heterocycles. The van der Waals surface area contributed by atoms with E-state index in [9.17, 15) is 44.2 Å². The molecule has 2 atom stereocenters. The predicted octanol–water partition coefficient (Wildman–Crippen LogP) is 8.29. The molecule has 0 fully saturated rings. The van der Waals surface area contributed by atoms with Crippen LogP contribution in [-0.2, 0) is 84.3 Å². The minimum absolute atomic E-state index is 0.0368. The second kappa shape index (κ2) is 42.2. The summed E-state index contributed by atoms with van der Waals surface area (Å²) in [5.41, 5.74) is 20.8. The molecule has 0 radical (unpaired) electrons. The van der Waals surface area contributed by atoms with Crippen molar-refractivity contribution in [1.82, 2.24) is 106 Å². The van der Waals surface area contributed by atoms with Gasteiger partial charge in [-0.2, -0.15) is 20.1 Å². The Bertz CT molecular complexity index is 7050. The molecule has 0 spiro atoms. The molecule has 650 valence electrons. The number of fused-ring (bicyclic) bond motifs is 9. The summed E-state index contributed by atoms with van der Waals surface area (Å²) in [5, 5.41) is 34.1. The van der Waals surface area contributed by atoms with Crippen LogP contribution in [0.15, 0.2) is 212 Å². The number of anilines is 3. The van der Waals surface area contributed by atoms with Crippen molar-refractivity contribution in [3.8, 4) is 11.8 Å². The van der Waals surface area contributed by atoms with E-state index in [0.29, 0.717) is 46.8 Å². The van der Waals surface area contributed by atoms with Crippen LogP contribution in [0.4, 0.5) is 34.8 Å². The Morgan fingerprint density at radius 2 is 1.34 bits per heavy atom. The van der Waals surface area contributed by atoms with Crippen molar-refractivity contribution in [2.45, 2.75) is 46.3 Å². The van der Waals surface area contributed by atoms with E-state index in [1.165, 1.54) is 49.0 Å². The SMILES string of the molecule is CC#Cc1cn(C)c(=O)c2c(C)cccc12.CN1C=NC2C(=O)NC=NC21.CONc1nc(N=CN(C)C)nc2c1ncn2C.Cc1ccc2ccn(C)c(=O)c2c1.Cc1cccc2ccn(C)c(=O)c12.Cn1cc2c(N)ncnc2n1.Cn1cc2c(nc1=O)NOCC2.Cn1ccc([N+](=O)[O-])c1.Cn1ccc2cc([N+](=O)[O-])ccc21.Cn1cnc2cncnc21. The molecule has 15 heterocycles. The van der Waals surface area contributed by atoms with E-state index >= 15 is 0 Å².